The van der Waals surface area contributed by atoms with Gasteiger partial charge in [0.25, 0.3) is 5.91 Å². The molecule has 0 unspecified atom stereocenters. The molecule has 1 amide bonds. The van der Waals surface area contributed by atoms with E-state index in [0.717, 1.165) is 39.1 Å². The molecule has 1 heterocycles. The highest BCUT2D eigenvalue weighted by molar-refractivity contribution is 6.35. The topological polar surface area (TPSA) is 47.6 Å². The molecule has 0 aromatic heterocycles. The van der Waals surface area contributed by atoms with Crippen LogP contribution in [-0.4, -0.2) is 19.6 Å². The summed E-state index contributed by atoms with van der Waals surface area (Å²) in [4.78, 5) is 12.6. The quantitative estimate of drug-likeness (QED) is 0.695. The Morgan fingerprint density at radius 2 is 1.92 bits per heavy atom. The normalized spacial score (nSPS) is 14.4. The fraction of sp³-hybridized carbons (Fsp3) is 0.136. The highest BCUT2D eigenvalue weighted by atomic mass is 16.5. The zero-order valence-electron chi connectivity index (χ0n) is 14.7. The van der Waals surface area contributed by atoms with Gasteiger partial charge in [-0.15, -0.1) is 0 Å². The zero-order chi connectivity index (χ0) is 18.1. The number of amides is 1. The van der Waals surface area contributed by atoms with Crippen LogP contribution in [0.4, 0.5) is 5.69 Å². The summed E-state index contributed by atoms with van der Waals surface area (Å²) in [7, 11) is 1.64. The van der Waals surface area contributed by atoms with Crippen LogP contribution in [0.15, 0.2) is 54.6 Å². The van der Waals surface area contributed by atoms with Crippen molar-refractivity contribution < 1.29 is 14.3 Å². The minimum Gasteiger partial charge on any atom is -0.496 e. The highest BCUT2D eigenvalue weighted by Gasteiger charge is 2.25. The lowest BCUT2D eigenvalue weighted by Crippen LogP contribution is -2.04. The van der Waals surface area contributed by atoms with E-state index in [2.05, 4.69) is 5.32 Å². The zero-order valence-corrected chi connectivity index (χ0v) is 14.7. The number of benzene rings is 3. The predicted octanol–water partition coefficient (Wildman–Crippen LogP) is 4.74. The van der Waals surface area contributed by atoms with Crippen LogP contribution >= 0.6 is 0 Å². The van der Waals surface area contributed by atoms with Gasteiger partial charge in [-0.1, -0.05) is 30.3 Å². The van der Waals surface area contributed by atoms with Gasteiger partial charge in [-0.3, -0.25) is 4.79 Å². The third kappa shape index (κ3) is 2.69. The summed E-state index contributed by atoms with van der Waals surface area (Å²) in [6.45, 7) is 2.52. The summed E-state index contributed by atoms with van der Waals surface area (Å²) in [5.41, 5.74) is 3.16. The van der Waals surface area contributed by atoms with Crippen molar-refractivity contribution in [2.24, 2.45) is 0 Å². The molecule has 3 aromatic rings. The van der Waals surface area contributed by atoms with Gasteiger partial charge in [0, 0.05) is 22.8 Å². The first-order valence-corrected chi connectivity index (χ1v) is 8.57. The average molecular weight is 345 g/mol. The lowest BCUT2D eigenvalue weighted by atomic mass is 9.98. The first kappa shape index (κ1) is 16.2. The van der Waals surface area contributed by atoms with Crippen molar-refractivity contribution in [2.45, 2.75) is 6.92 Å². The fourth-order valence-electron chi connectivity index (χ4n) is 3.32. The van der Waals surface area contributed by atoms with Crippen molar-refractivity contribution in [3.8, 4) is 11.5 Å². The van der Waals surface area contributed by atoms with E-state index in [-0.39, 0.29) is 5.91 Å². The number of methoxy groups -OCH3 is 1. The number of rotatable bonds is 4. The standard InChI is InChI=1S/C22H19NO3/c1-3-26-15-9-10-17-19(22(24)23-20(17)12-15)13-18-16-7-5-4-6-14(16)8-11-21(18)25-2/h4-13H,3H2,1-2H3,(H,23,24). The van der Waals surface area contributed by atoms with E-state index in [9.17, 15) is 4.79 Å². The van der Waals surface area contributed by atoms with Crippen molar-refractivity contribution in [1.29, 1.82) is 0 Å². The Morgan fingerprint density at radius 1 is 1.08 bits per heavy atom. The number of hydrogen-bond acceptors (Lipinski definition) is 3. The molecule has 4 heteroatoms. The smallest absolute Gasteiger partial charge is 0.256 e. The van der Waals surface area contributed by atoms with Crippen molar-refractivity contribution in [3.05, 3.63) is 65.7 Å². The molecule has 26 heavy (non-hydrogen) atoms. The molecule has 1 N–H and O–H groups in total. The SMILES string of the molecule is CCOc1ccc2c(c1)NC(=O)C2=Cc1c(OC)ccc2ccccc12. The second kappa shape index (κ2) is 6.56. The molecule has 0 radical (unpaired) electrons. The van der Waals surface area contributed by atoms with E-state index in [4.69, 9.17) is 9.47 Å². The minimum absolute atomic E-state index is 0.122. The number of anilines is 1. The first-order valence-electron chi connectivity index (χ1n) is 8.57. The Balaban J connectivity index is 1.88. The Hall–Kier alpha value is -3.27. The maximum Gasteiger partial charge on any atom is 0.256 e. The van der Waals surface area contributed by atoms with Gasteiger partial charge in [0.2, 0.25) is 0 Å². The molecule has 1 aliphatic rings. The highest BCUT2D eigenvalue weighted by Crippen LogP contribution is 2.38. The fourth-order valence-corrected chi connectivity index (χ4v) is 3.32. The number of nitrogens with one attached hydrogen (secondary N) is 1. The predicted molar refractivity (Wildman–Crippen MR) is 105 cm³/mol. The lowest BCUT2D eigenvalue weighted by molar-refractivity contribution is -0.110. The van der Waals surface area contributed by atoms with Crippen LogP contribution in [0.1, 0.15) is 18.1 Å². The van der Waals surface area contributed by atoms with E-state index in [0.29, 0.717) is 12.2 Å². The largest absolute Gasteiger partial charge is 0.496 e. The van der Waals surface area contributed by atoms with Crippen LogP contribution < -0.4 is 14.8 Å². The van der Waals surface area contributed by atoms with Gasteiger partial charge < -0.3 is 14.8 Å². The summed E-state index contributed by atoms with van der Waals surface area (Å²) in [6.07, 6.45) is 1.91. The number of ether oxygens (including phenoxy) is 2. The van der Waals surface area contributed by atoms with Gasteiger partial charge in [0.1, 0.15) is 11.5 Å². The number of hydrogen-bond donors (Lipinski definition) is 1. The van der Waals surface area contributed by atoms with Crippen LogP contribution in [0.5, 0.6) is 11.5 Å². The van der Waals surface area contributed by atoms with E-state index in [1.165, 1.54) is 0 Å². The molecule has 130 valence electrons. The molecular weight excluding hydrogens is 326 g/mol. The Labute approximate surface area is 152 Å². The summed E-state index contributed by atoms with van der Waals surface area (Å²) in [5, 5.41) is 5.07. The van der Waals surface area contributed by atoms with Gasteiger partial charge >= 0.3 is 0 Å². The summed E-state index contributed by atoms with van der Waals surface area (Å²) in [5.74, 6) is 1.36. The van der Waals surface area contributed by atoms with Crippen molar-refractivity contribution >= 4 is 34.0 Å². The number of carbonyl (C=O) groups excluding carboxylic acids is 1. The molecule has 0 spiro atoms. The van der Waals surface area contributed by atoms with Gasteiger partial charge in [-0.25, -0.2) is 0 Å². The first-order chi connectivity index (χ1) is 12.7. The summed E-state index contributed by atoms with van der Waals surface area (Å²) >= 11 is 0. The molecule has 3 aromatic carbocycles. The number of fused-ring (bicyclic) bond motifs is 2. The van der Waals surface area contributed by atoms with Gasteiger partial charge in [-0.05, 0) is 42.0 Å². The van der Waals surface area contributed by atoms with Gasteiger partial charge in [0.15, 0.2) is 0 Å². The second-order valence-corrected chi connectivity index (χ2v) is 6.06. The summed E-state index contributed by atoms with van der Waals surface area (Å²) < 4.78 is 11.1. The summed E-state index contributed by atoms with van der Waals surface area (Å²) in [6, 6.07) is 17.7. The van der Waals surface area contributed by atoms with Crippen LogP contribution in [0.3, 0.4) is 0 Å². The monoisotopic (exact) mass is 345 g/mol. The molecule has 0 saturated carbocycles. The van der Waals surface area contributed by atoms with Gasteiger partial charge in [-0.2, -0.15) is 0 Å². The van der Waals surface area contributed by atoms with Crippen LogP contribution in [-0.2, 0) is 4.79 Å². The Kier molecular flexibility index (Phi) is 4.09. The molecule has 4 nitrogen and oxygen atoms in total. The van der Waals surface area contributed by atoms with Crippen LogP contribution in [0, 0.1) is 0 Å². The minimum atomic E-state index is -0.122. The average Bonchev–Trinajstić information content (AvgIpc) is 2.97. The van der Waals surface area contributed by atoms with Crippen LogP contribution in [0.2, 0.25) is 0 Å². The molecule has 4 rings (SSSR count). The van der Waals surface area contributed by atoms with Crippen LogP contribution in [0.25, 0.3) is 22.4 Å². The molecule has 0 fully saturated rings. The lowest BCUT2D eigenvalue weighted by Gasteiger charge is -2.10. The molecular formula is C22H19NO3. The van der Waals surface area contributed by atoms with E-state index in [1.54, 1.807) is 7.11 Å². The molecule has 0 atom stereocenters. The maximum atomic E-state index is 12.6. The molecule has 0 saturated heterocycles. The maximum absolute atomic E-state index is 12.6. The third-order valence-electron chi connectivity index (χ3n) is 4.52. The van der Waals surface area contributed by atoms with Crippen molar-refractivity contribution in [1.82, 2.24) is 0 Å². The Bertz CT molecular complexity index is 1040. The number of carbonyl (C=O) groups is 1. The van der Waals surface area contributed by atoms with E-state index < -0.39 is 0 Å². The van der Waals surface area contributed by atoms with Crippen molar-refractivity contribution in [3.63, 3.8) is 0 Å². The van der Waals surface area contributed by atoms with E-state index in [1.807, 2.05) is 67.6 Å². The molecule has 0 aliphatic carbocycles. The second-order valence-electron chi connectivity index (χ2n) is 6.06. The van der Waals surface area contributed by atoms with Gasteiger partial charge in [0.05, 0.1) is 19.4 Å². The van der Waals surface area contributed by atoms with Crippen molar-refractivity contribution in [2.75, 3.05) is 19.0 Å². The Morgan fingerprint density at radius 3 is 2.73 bits per heavy atom. The van der Waals surface area contributed by atoms with E-state index >= 15 is 0 Å². The molecule has 1 aliphatic heterocycles. The molecule has 0 bridgehead atoms. The third-order valence-corrected chi connectivity index (χ3v) is 4.52.